The van der Waals surface area contributed by atoms with E-state index in [1.807, 2.05) is 30.3 Å². The van der Waals surface area contributed by atoms with E-state index in [9.17, 15) is 10.0 Å². The number of aromatic nitrogens is 2. The number of para-hydroxylation sites is 2. The summed E-state index contributed by atoms with van der Waals surface area (Å²) in [7, 11) is 0. The van der Waals surface area contributed by atoms with Gasteiger partial charge in [0.15, 0.2) is 0 Å². The predicted octanol–water partition coefficient (Wildman–Crippen LogP) is 2.56. The van der Waals surface area contributed by atoms with Gasteiger partial charge in [-0.05, 0) is 12.1 Å². The summed E-state index contributed by atoms with van der Waals surface area (Å²) in [4.78, 5) is 16.6. The van der Waals surface area contributed by atoms with E-state index in [4.69, 9.17) is 0 Å². The largest absolute Gasteiger partial charge is 0.409 e. The first-order valence-corrected chi connectivity index (χ1v) is 6.05. The molecule has 0 aliphatic carbocycles. The zero-order valence-electron chi connectivity index (χ0n) is 10.5. The highest BCUT2D eigenvalue weighted by atomic mass is 16.4. The Kier molecular flexibility index (Phi) is 3.01. The van der Waals surface area contributed by atoms with E-state index in [1.54, 1.807) is 24.3 Å². The Morgan fingerprint density at radius 2 is 1.75 bits per heavy atom. The van der Waals surface area contributed by atoms with Crippen LogP contribution in [0.5, 0.6) is 0 Å². The molecule has 3 rings (SSSR count). The van der Waals surface area contributed by atoms with Crippen LogP contribution in [0.25, 0.3) is 11.0 Å². The molecule has 0 saturated carbocycles. The second-order valence-corrected chi connectivity index (χ2v) is 4.22. The number of hydrogen-bond acceptors (Lipinski definition) is 4. The quantitative estimate of drug-likeness (QED) is 0.254. The van der Waals surface area contributed by atoms with Gasteiger partial charge in [0.1, 0.15) is 6.33 Å². The Morgan fingerprint density at radius 3 is 2.50 bits per heavy atom. The van der Waals surface area contributed by atoms with Gasteiger partial charge in [0.05, 0.1) is 11.0 Å². The maximum atomic E-state index is 12.4. The molecule has 0 aliphatic heterocycles. The van der Waals surface area contributed by atoms with Gasteiger partial charge in [-0.1, -0.05) is 47.6 Å². The minimum Gasteiger partial charge on any atom is -0.409 e. The van der Waals surface area contributed by atoms with E-state index in [-0.39, 0.29) is 11.6 Å². The fraction of sp³-hybridized carbons (Fsp3) is 0. The molecule has 3 aromatic rings. The van der Waals surface area contributed by atoms with Gasteiger partial charge >= 0.3 is 0 Å². The summed E-state index contributed by atoms with van der Waals surface area (Å²) < 4.78 is 1.48. The molecule has 1 N–H and O–H groups in total. The smallest absolute Gasteiger partial charge is 0.232 e. The number of ketones is 1. The first-order valence-electron chi connectivity index (χ1n) is 6.05. The Balaban J connectivity index is 2.09. The molecule has 0 amide bonds. The summed E-state index contributed by atoms with van der Waals surface area (Å²) in [5.74, 6) is -0.443. The van der Waals surface area contributed by atoms with E-state index in [1.165, 1.54) is 10.9 Å². The second-order valence-electron chi connectivity index (χ2n) is 4.22. The molecule has 0 atom stereocenters. The van der Waals surface area contributed by atoms with E-state index >= 15 is 0 Å². The van der Waals surface area contributed by atoms with Gasteiger partial charge in [0.25, 0.3) is 0 Å². The number of imidazole rings is 1. The third-order valence-corrected chi connectivity index (χ3v) is 3.02. The third kappa shape index (κ3) is 1.95. The molecular weight excluding hydrogens is 254 g/mol. The molecule has 0 aliphatic rings. The maximum absolute atomic E-state index is 12.4. The van der Waals surface area contributed by atoms with Crippen molar-refractivity contribution in [3.05, 3.63) is 66.5 Å². The molecule has 0 spiro atoms. The predicted molar refractivity (Wildman–Crippen MR) is 75.1 cm³/mol. The average Bonchev–Trinajstić information content (AvgIpc) is 2.93. The fourth-order valence-corrected chi connectivity index (χ4v) is 2.05. The van der Waals surface area contributed by atoms with Gasteiger partial charge in [-0.2, -0.15) is 0 Å². The zero-order chi connectivity index (χ0) is 13.9. The van der Waals surface area contributed by atoms with Crippen molar-refractivity contribution in [2.24, 2.45) is 5.16 Å². The summed E-state index contributed by atoms with van der Waals surface area (Å²) in [6.07, 6.45) is 1.47. The standard InChI is InChI=1S/C15H11N3O2/c19-14(11-6-2-1-3-7-11)15(17-20)18-10-16-12-8-4-5-9-13(12)18/h1-10,20H/b17-15-. The van der Waals surface area contributed by atoms with Crippen LogP contribution in [-0.4, -0.2) is 26.4 Å². The van der Waals surface area contributed by atoms with Crippen molar-refractivity contribution in [3.8, 4) is 0 Å². The summed E-state index contributed by atoms with van der Waals surface area (Å²) >= 11 is 0. The normalized spacial score (nSPS) is 11.7. The van der Waals surface area contributed by atoms with Crippen LogP contribution in [0.1, 0.15) is 10.4 Å². The topological polar surface area (TPSA) is 67.5 Å². The molecule has 0 bridgehead atoms. The minimum absolute atomic E-state index is 0.0788. The fourth-order valence-electron chi connectivity index (χ4n) is 2.05. The molecule has 1 heterocycles. The number of benzene rings is 2. The molecule has 1 aromatic heterocycles. The van der Waals surface area contributed by atoms with Crippen LogP contribution in [0.3, 0.4) is 0 Å². The van der Waals surface area contributed by atoms with E-state index in [0.29, 0.717) is 11.1 Å². The lowest BCUT2D eigenvalue weighted by Crippen LogP contribution is -2.22. The van der Waals surface area contributed by atoms with Crippen LogP contribution in [0.4, 0.5) is 0 Å². The molecule has 0 radical (unpaired) electrons. The Labute approximate surface area is 114 Å². The molecule has 0 unspecified atom stereocenters. The van der Waals surface area contributed by atoms with Crippen LogP contribution in [-0.2, 0) is 0 Å². The van der Waals surface area contributed by atoms with Crippen molar-refractivity contribution in [2.75, 3.05) is 0 Å². The molecule has 0 fully saturated rings. The van der Waals surface area contributed by atoms with E-state index < -0.39 is 0 Å². The lowest BCUT2D eigenvalue weighted by atomic mass is 10.1. The number of rotatable bonds is 2. The van der Waals surface area contributed by atoms with Crippen molar-refractivity contribution >= 4 is 22.7 Å². The lowest BCUT2D eigenvalue weighted by Gasteiger charge is -2.05. The molecule has 0 saturated heterocycles. The average molecular weight is 265 g/mol. The Hall–Kier alpha value is -2.95. The summed E-state index contributed by atoms with van der Waals surface area (Å²) in [5, 5.41) is 12.4. The third-order valence-electron chi connectivity index (χ3n) is 3.02. The van der Waals surface area contributed by atoms with Crippen LogP contribution in [0.2, 0.25) is 0 Å². The van der Waals surface area contributed by atoms with Gasteiger partial charge in [0.2, 0.25) is 11.6 Å². The van der Waals surface area contributed by atoms with Crippen LogP contribution < -0.4 is 0 Å². The Morgan fingerprint density at radius 1 is 1.05 bits per heavy atom. The van der Waals surface area contributed by atoms with Crippen molar-refractivity contribution < 1.29 is 10.0 Å². The molecule has 5 heteroatoms. The number of fused-ring (bicyclic) bond motifs is 1. The van der Waals surface area contributed by atoms with Gasteiger partial charge < -0.3 is 5.21 Å². The van der Waals surface area contributed by atoms with Gasteiger partial charge in [-0.15, -0.1) is 0 Å². The van der Waals surface area contributed by atoms with Crippen LogP contribution >= 0.6 is 0 Å². The highest BCUT2D eigenvalue weighted by molar-refractivity contribution is 6.46. The molecule has 20 heavy (non-hydrogen) atoms. The minimum atomic E-state index is -0.365. The maximum Gasteiger partial charge on any atom is 0.232 e. The number of carbonyl (C=O) groups is 1. The van der Waals surface area contributed by atoms with Crippen molar-refractivity contribution in [2.45, 2.75) is 0 Å². The highest BCUT2D eigenvalue weighted by Crippen LogP contribution is 2.13. The zero-order valence-corrected chi connectivity index (χ0v) is 10.5. The molecule has 98 valence electrons. The number of Topliss-reactive ketones (excluding diaryl/α,β-unsaturated/α-hetero) is 1. The number of hydrogen-bond donors (Lipinski definition) is 1. The van der Waals surface area contributed by atoms with Crippen LogP contribution in [0, 0.1) is 0 Å². The molecule has 2 aromatic carbocycles. The van der Waals surface area contributed by atoms with Gasteiger partial charge in [-0.3, -0.25) is 9.36 Å². The van der Waals surface area contributed by atoms with Crippen LogP contribution in [0.15, 0.2) is 66.1 Å². The Bertz CT molecular complexity index is 791. The number of oxime groups is 1. The van der Waals surface area contributed by atoms with E-state index in [2.05, 4.69) is 10.1 Å². The number of nitrogens with zero attached hydrogens (tertiary/aromatic N) is 3. The monoisotopic (exact) mass is 265 g/mol. The van der Waals surface area contributed by atoms with Gasteiger partial charge in [0, 0.05) is 5.56 Å². The summed E-state index contributed by atoms with van der Waals surface area (Å²) in [5.41, 5.74) is 1.90. The van der Waals surface area contributed by atoms with Gasteiger partial charge in [-0.25, -0.2) is 4.98 Å². The first-order chi connectivity index (χ1) is 9.81. The van der Waals surface area contributed by atoms with Crippen molar-refractivity contribution in [1.29, 1.82) is 0 Å². The summed E-state index contributed by atoms with van der Waals surface area (Å²) in [6, 6.07) is 16.0. The second kappa shape index (κ2) is 4.97. The van der Waals surface area contributed by atoms with E-state index in [0.717, 1.165) is 5.52 Å². The lowest BCUT2D eigenvalue weighted by molar-refractivity contribution is 0.105. The first kappa shape index (κ1) is 12.1. The highest BCUT2D eigenvalue weighted by Gasteiger charge is 2.18. The number of carbonyl (C=O) groups excluding carboxylic acids is 1. The SMILES string of the molecule is O=C(/C(=N/O)n1cnc2ccccc21)c1ccccc1. The van der Waals surface area contributed by atoms with Crippen molar-refractivity contribution in [1.82, 2.24) is 9.55 Å². The molecule has 5 nitrogen and oxygen atoms in total. The molecular formula is C15H11N3O2. The van der Waals surface area contributed by atoms with Crippen molar-refractivity contribution in [3.63, 3.8) is 0 Å². The summed E-state index contributed by atoms with van der Waals surface area (Å²) in [6.45, 7) is 0.